The number of likely N-dealkylation sites (tertiary alicyclic amines) is 1. The van der Waals surface area contributed by atoms with Crippen LogP contribution in [-0.4, -0.2) is 48.8 Å². The highest BCUT2D eigenvalue weighted by molar-refractivity contribution is 5.02. The molecule has 1 aliphatic heterocycles. The molecule has 1 saturated carbocycles. The summed E-state index contributed by atoms with van der Waals surface area (Å²) in [5, 5.41) is 2.61. The van der Waals surface area contributed by atoms with Gasteiger partial charge in [-0.2, -0.15) is 13.2 Å². The second kappa shape index (κ2) is 4.16. The van der Waals surface area contributed by atoms with Crippen LogP contribution in [0.3, 0.4) is 0 Å². The summed E-state index contributed by atoms with van der Waals surface area (Å²) in [6.07, 6.45) is -1.08. The Bertz CT molecular complexity index is 252. The fourth-order valence-electron chi connectivity index (χ4n) is 2.33. The van der Waals surface area contributed by atoms with Gasteiger partial charge in [-0.1, -0.05) is 0 Å². The first-order chi connectivity index (χ1) is 7.44. The predicted octanol–water partition coefficient (Wildman–Crippen LogP) is 0.704. The van der Waals surface area contributed by atoms with Crippen molar-refractivity contribution in [2.24, 2.45) is 5.73 Å². The van der Waals surface area contributed by atoms with Gasteiger partial charge in [0.2, 0.25) is 0 Å². The largest absolute Gasteiger partial charge is 0.401 e. The van der Waals surface area contributed by atoms with Crippen molar-refractivity contribution in [3.8, 4) is 0 Å². The summed E-state index contributed by atoms with van der Waals surface area (Å²) in [6, 6.07) is 0.598. The van der Waals surface area contributed by atoms with Crippen LogP contribution in [0.4, 0.5) is 13.2 Å². The fourth-order valence-corrected chi connectivity index (χ4v) is 2.33. The van der Waals surface area contributed by atoms with Crippen LogP contribution in [0.2, 0.25) is 0 Å². The molecule has 2 aliphatic rings. The third-order valence-corrected chi connectivity index (χ3v) is 3.50. The number of rotatable bonds is 4. The van der Waals surface area contributed by atoms with Gasteiger partial charge in [0, 0.05) is 31.2 Å². The van der Waals surface area contributed by atoms with Crippen LogP contribution in [-0.2, 0) is 0 Å². The van der Waals surface area contributed by atoms with Crippen LogP contribution >= 0.6 is 0 Å². The lowest BCUT2D eigenvalue weighted by molar-refractivity contribution is -0.128. The molecule has 94 valence electrons. The minimum absolute atomic E-state index is 0.270. The molecule has 0 amide bonds. The van der Waals surface area contributed by atoms with Gasteiger partial charge in [-0.05, 0) is 19.3 Å². The average Bonchev–Trinajstić information content (AvgIpc) is 2.96. The maximum absolute atomic E-state index is 12.2. The van der Waals surface area contributed by atoms with Crippen molar-refractivity contribution >= 4 is 0 Å². The molecule has 3 N–H and O–H groups in total. The molecule has 1 aliphatic carbocycles. The van der Waals surface area contributed by atoms with Crippen molar-refractivity contribution in [3.05, 3.63) is 0 Å². The van der Waals surface area contributed by atoms with Crippen molar-refractivity contribution in [2.45, 2.75) is 37.0 Å². The quantitative estimate of drug-likeness (QED) is 0.756. The predicted molar refractivity (Wildman–Crippen MR) is 55.1 cm³/mol. The van der Waals surface area contributed by atoms with Crippen molar-refractivity contribution in [2.75, 3.05) is 26.2 Å². The van der Waals surface area contributed by atoms with Crippen molar-refractivity contribution < 1.29 is 13.2 Å². The second-order valence-electron chi connectivity index (χ2n) is 4.90. The molecular weight excluding hydrogens is 219 g/mol. The van der Waals surface area contributed by atoms with Crippen molar-refractivity contribution in [1.82, 2.24) is 10.2 Å². The Labute approximate surface area is 93.2 Å². The SMILES string of the molecule is NCC1(NCC(F)(F)F)CCN(C2CC2)C1. The van der Waals surface area contributed by atoms with Crippen LogP contribution in [0, 0.1) is 0 Å². The number of halogens is 3. The van der Waals surface area contributed by atoms with Crippen LogP contribution in [0.15, 0.2) is 0 Å². The van der Waals surface area contributed by atoms with E-state index in [0.717, 1.165) is 13.0 Å². The summed E-state index contributed by atoms with van der Waals surface area (Å²) < 4.78 is 36.5. The molecular formula is C10H18F3N3. The smallest absolute Gasteiger partial charge is 0.329 e. The number of alkyl halides is 3. The van der Waals surface area contributed by atoms with Crippen LogP contribution in [0.5, 0.6) is 0 Å². The fraction of sp³-hybridized carbons (Fsp3) is 1.00. The van der Waals surface area contributed by atoms with Gasteiger partial charge < -0.3 is 11.1 Å². The van der Waals surface area contributed by atoms with E-state index in [0.29, 0.717) is 12.6 Å². The van der Waals surface area contributed by atoms with Gasteiger partial charge in [-0.3, -0.25) is 4.90 Å². The molecule has 0 aromatic rings. The normalized spacial score (nSPS) is 32.2. The Kier molecular flexibility index (Phi) is 3.16. The maximum atomic E-state index is 12.2. The summed E-state index contributed by atoms with van der Waals surface area (Å²) in [7, 11) is 0. The Morgan fingerprint density at radius 2 is 2.06 bits per heavy atom. The van der Waals surface area contributed by atoms with Crippen LogP contribution < -0.4 is 11.1 Å². The highest BCUT2D eigenvalue weighted by Crippen LogP contribution is 2.33. The molecule has 0 spiro atoms. The zero-order valence-corrected chi connectivity index (χ0v) is 9.19. The van der Waals surface area contributed by atoms with Gasteiger partial charge in [0.05, 0.1) is 6.54 Å². The third-order valence-electron chi connectivity index (χ3n) is 3.50. The number of nitrogens with one attached hydrogen (secondary N) is 1. The molecule has 0 aromatic carbocycles. The van der Waals surface area contributed by atoms with Crippen molar-refractivity contribution in [3.63, 3.8) is 0 Å². The van der Waals surface area contributed by atoms with Gasteiger partial charge in [-0.15, -0.1) is 0 Å². The van der Waals surface area contributed by atoms with Gasteiger partial charge in [0.25, 0.3) is 0 Å². The first-order valence-electron chi connectivity index (χ1n) is 5.70. The highest BCUT2D eigenvalue weighted by atomic mass is 19.4. The lowest BCUT2D eigenvalue weighted by Gasteiger charge is -2.30. The lowest BCUT2D eigenvalue weighted by atomic mass is 9.99. The molecule has 2 rings (SSSR count). The number of nitrogens with zero attached hydrogens (tertiary/aromatic N) is 1. The Morgan fingerprint density at radius 3 is 2.56 bits per heavy atom. The van der Waals surface area contributed by atoms with E-state index in [1.807, 2.05) is 0 Å². The molecule has 1 atom stereocenters. The summed E-state index contributed by atoms with van der Waals surface area (Å²) in [5.74, 6) is 0. The first-order valence-corrected chi connectivity index (χ1v) is 5.70. The topological polar surface area (TPSA) is 41.3 Å². The van der Waals surface area contributed by atoms with Crippen LogP contribution in [0.25, 0.3) is 0 Å². The zero-order valence-electron chi connectivity index (χ0n) is 9.19. The number of nitrogens with two attached hydrogens (primary N) is 1. The first kappa shape index (κ1) is 12.1. The molecule has 1 unspecified atom stereocenters. The third kappa shape index (κ3) is 2.87. The zero-order chi connectivity index (χ0) is 11.8. The van der Waals surface area contributed by atoms with E-state index in [1.165, 1.54) is 12.8 Å². The van der Waals surface area contributed by atoms with Gasteiger partial charge >= 0.3 is 6.18 Å². The van der Waals surface area contributed by atoms with E-state index >= 15 is 0 Å². The molecule has 16 heavy (non-hydrogen) atoms. The second-order valence-corrected chi connectivity index (χ2v) is 4.90. The standard InChI is InChI=1S/C10H18F3N3/c11-10(12,13)6-15-9(5-14)3-4-16(7-9)8-1-2-8/h8,15H,1-7,14H2. The number of hydrogen-bond donors (Lipinski definition) is 2. The minimum Gasteiger partial charge on any atom is -0.329 e. The molecule has 0 radical (unpaired) electrons. The molecule has 6 heteroatoms. The molecule has 1 saturated heterocycles. The van der Waals surface area contributed by atoms with E-state index in [-0.39, 0.29) is 6.54 Å². The Hall–Kier alpha value is -0.330. The summed E-state index contributed by atoms with van der Waals surface area (Å²) in [6.45, 7) is 0.853. The van der Waals surface area contributed by atoms with Crippen LogP contribution in [0.1, 0.15) is 19.3 Å². The Balaban J connectivity index is 1.87. The average molecular weight is 237 g/mol. The molecule has 0 bridgehead atoms. The molecule has 1 heterocycles. The van der Waals surface area contributed by atoms with E-state index in [4.69, 9.17) is 5.73 Å². The van der Waals surface area contributed by atoms with Gasteiger partial charge in [-0.25, -0.2) is 0 Å². The summed E-state index contributed by atoms with van der Waals surface area (Å²) in [5.41, 5.74) is 5.09. The van der Waals surface area contributed by atoms with E-state index < -0.39 is 18.3 Å². The van der Waals surface area contributed by atoms with E-state index in [9.17, 15) is 13.2 Å². The molecule has 3 nitrogen and oxygen atoms in total. The van der Waals surface area contributed by atoms with Gasteiger partial charge in [0.15, 0.2) is 0 Å². The minimum atomic E-state index is -4.16. The summed E-state index contributed by atoms with van der Waals surface area (Å²) >= 11 is 0. The Morgan fingerprint density at radius 1 is 1.38 bits per heavy atom. The monoisotopic (exact) mass is 237 g/mol. The number of hydrogen-bond acceptors (Lipinski definition) is 3. The lowest BCUT2D eigenvalue weighted by Crippen LogP contribution is -2.55. The van der Waals surface area contributed by atoms with Gasteiger partial charge in [0.1, 0.15) is 0 Å². The molecule has 0 aromatic heterocycles. The van der Waals surface area contributed by atoms with Crippen molar-refractivity contribution in [1.29, 1.82) is 0 Å². The molecule has 2 fully saturated rings. The van der Waals surface area contributed by atoms with E-state index in [2.05, 4.69) is 10.2 Å². The van der Waals surface area contributed by atoms with E-state index in [1.54, 1.807) is 0 Å². The highest BCUT2D eigenvalue weighted by Gasteiger charge is 2.43. The maximum Gasteiger partial charge on any atom is 0.401 e. The summed E-state index contributed by atoms with van der Waals surface area (Å²) in [4.78, 5) is 2.26.